The fraction of sp³-hybridized carbons (Fsp3) is 0.462. The number of nitrogens with one attached hydrogen (secondary N) is 2. The first-order valence-corrected chi connectivity index (χ1v) is 6.43. The summed E-state index contributed by atoms with van der Waals surface area (Å²) in [5.74, 6) is 0.0210. The number of carbonyl (C=O) groups is 1. The Morgan fingerprint density at radius 2 is 1.94 bits per heavy atom. The van der Waals surface area contributed by atoms with Crippen molar-refractivity contribution in [2.24, 2.45) is 0 Å². The van der Waals surface area contributed by atoms with Gasteiger partial charge in [-0.05, 0) is 18.7 Å². The Morgan fingerprint density at radius 1 is 1.33 bits per heavy atom. The van der Waals surface area contributed by atoms with Crippen molar-refractivity contribution in [3.05, 3.63) is 34.3 Å². The number of benzene rings is 1. The summed E-state index contributed by atoms with van der Waals surface area (Å²) in [7, 11) is 1.76. The minimum absolute atomic E-state index is 0. The van der Waals surface area contributed by atoms with Crippen molar-refractivity contribution in [2.45, 2.75) is 19.3 Å². The summed E-state index contributed by atoms with van der Waals surface area (Å²) >= 11 is 3.54. The summed E-state index contributed by atoms with van der Waals surface area (Å²) in [6.45, 7) is 5.21. The molecule has 0 atom stereocenters. The van der Waals surface area contributed by atoms with Crippen LogP contribution in [0.2, 0.25) is 0 Å². The molecule has 0 aliphatic rings. The maximum Gasteiger partial charge on any atom is 0.233 e. The van der Waals surface area contributed by atoms with Crippen molar-refractivity contribution in [3.8, 4) is 0 Å². The summed E-state index contributed by atoms with van der Waals surface area (Å²) < 4.78 is 1.08. The molecule has 0 fully saturated rings. The lowest BCUT2D eigenvalue weighted by atomic mass is 9.84. The van der Waals surface area contributed by atoms with Crippen LogP contribution in [0, 0.1) is 0 Å². The van der Waals surface area contributed by atoms with E-state index >= 15 is 0 Å². The smallest absolute Gasteiger partial charge is 0.233 e. The van der Waals surface area contributed by atoms with Gasteiger partial charge >= 0.3 is 0 Å². The van der Waals surface area contributed by atoms with E-state index in [0.29, 0.717) is 13.1 Å². The highest BCUT2D eigenvalue weighted by atomic mass is 79.9. The Balaban J connectivity index is 0.00000289. The summed E-state index contributed by atoms with van der Waals surface area (Å²) in [6, 6.07) is 8.10. The second-order valence-electron chi connectivity index (χ2n) is 4.67. The third kappa shape index (κ3) is 4.96. The van der Waals surface area contributed by atoms with Crippen LogP contribution in [0.4, 0.5) is 0 Å². The molecular weight excluding hydrogens is 316 g/mol. The second kappa shape index (κ2) is 7.77. The molecule has 3 nitrogen and oxygen atoms in total. The summed E-state index contributed by atoms with van der Waals surface area (Å²) in [5, 5.41) is 5.76. The molecule has 102 valence electrons. The van der Waals surface area contributed by atoms with Crippen molar-refractivity contribution < 1.29 is 4.79 Å². The standard InChI is InChI=1S/C13H19BrN2O.ClH/c1-13(2,9-16-12(17)8-15-3)10-6-4-5-7-11(10)14;/h4-7,15H,8-9H2,1-3H3,(H,16,17);1H. The number of amides is 1. The third-order valence-electron chi connectivity index (χ3n) is 2.67. The fourth-order valence-electron chi connectivity index (χ4n) is 1.65. The van der Waals surface area contributed by atoms with Crippen LogP contribution in [0.15, 0.2) is 28.7 Å². The summed E-state index contributed by atoms with van der Waals surface area (Å²) in [6.07, 6.45) is 0. The van der Waals surface area contributed by atoms with E-state index in [1.807, 2.05) is 18.2 Å². The third-order valence-corrected chi connectivity index (χ3v) is 3.36. The predicted molar refractivity (Wildman–Crippen MR) is 81.4 cm³/mol. The van der Waals surface area contributed by atoms with Crippen molar-refractivity contribution in [1.29, 1.82) is 0 Å². The van der Waals surface area contributed by atoms with Gasteiger partial charge in [-0.3, -0.25) is 4.79 Å². The van der Waals surface area contributed by atoms with Gasteiger partial charge in [-0.2, -0.15) is 0 Å². The molecule has 0 saturated carbocycles. The number of hydrogen-bond donors (Lipinski definition) is 2. The molecule has 2 N–H and O–H groups in total. The lowest BCUT2D eigenvalue weighted by Gasteiger charge is -2.26. The first kappa shape index (κ1) is 17.4. The Morgan fingerprint density at radius 3 is 2.50 bits per heavy atom. The van der Waals surface area contributed by atoms with Gasteiger partial charge in [0.05, 0.1) is 6.54 Å². The number of likely N-dealkylation sites (N-methyl/N-ethyl adjacent to an activating group) is 1. The van der Waals surface area contributed by atoms with E-state index in [4.69, 9.17) is 0 Å². The molecule has 1 aromatic rings. The van der Waals surface area contributed by atoms with E-state index < -0.39 is 0 Å². The van der Waals surface area contributed by atoms with Crippen LogP contribution in [0.25, 0.3) is 0 Å². The van der Waals surface area contributed by atoms with Gasteiger partial charge in [0.15, 0.2) is 0 Å². The normalized spacial score (nSPS) is 10.7. The highest BCUT2D eigenvalue weighted by Crippen LogP contribution is 2.29. The monoisotopic (exact) mass is 334 g/mol. The molecule has 0 aliphatic heterocycles. The van der Waals surface area contributed by atoms with Crippen LogP contribution in [0.1, 0.15) is 19.4 Å². The molecule has 0 heterocycles. The molecule has 0 spiro atoms. The maximum absolute atomic E-state index is 11.4. The van der Waals surface area contributed by atoms with Crippen LogP contribution >= 0.6 is 28.3 Å². The van der Waals surface area contributed by atoms with Crippen molar-refractivity contribution in [2.75, 3.05) is 20.1 Å². The predicted octanol–water partition coefficient (Wildman–Crippen LogP) is 2.48. The number of carbonyl (C=O) groups excluding carboxylic acids is 1. The van der Waals surface area contributed by atoms with Crippen LogP contribution in [-0.4, -0.2) is 26.0 Å². The van der Waals surface area contributed by atoms with Crippen LogP contribution in [0.3, 0.4) is 0 Å². The largest absolute Gasteiger partial charge is 0.354 e. The molecule has 0 aliphatic carbocycles. The van der Waals surface area contributed by atoms with Gasteiger partial charge in [0.1, 0.15) is 0 Å². The molecule has 0 radical (unpaired) electrons. The van der Waals surface area contributed by atoms with Gasteiger partial charge in [0.2, 0.25) is 5.91 Å². The zero-order valence-corrected chi connectivity index (χ0v) is 13.3. The SMILES string of the molecule is CNCC(=O)NCC(C)(C)c1ccccc1Br.Cl. The summed E-state index contributed by atoms with van der Waals surface area (Å²) in [4.78, 5) is 11.4. The van der Waals surface area contributed by atoms with E-state index in [1.54, 1.807) is 7.05 Å². The zero-order valence-electron chi connectivity index (χ0n) is 10.9. The van der Waals surface area contributed by atoms with Crippen molar-refractivity contribution >= 4 is 34.2 Å². The zero-order chi connectivity index (χ0) is 12.9. The van der Waals surface area contributed by atoms with E-state index in [1.165, 1.54) is 5.56 Å². The van der Waals surface area contributed by atoms with Gasteiger partial charge in [-0.1, -0.05) is 48.0 Å². The molecule has 0 unspecified atom stereocenters. The van der Waals surface area contributed by atoms with Gasteiger partial charge in [0.25, 0.3) is 0 Å². The first-order valence-electron chi connectivity index (χ1n) is 5.63. The average Bonchev–Trinajstić information content (AvgIpc) is 2.27. The van der Waals surface area contributed by atoms with Gasteiger partial charge in [0, 0.05) is 16.4 Å². The lowest BCUT2D eigenvalue weighted by Crippen LogP contribution is -2.40. The quantitative estimate of drug-likeness (QED) is 0.868. The summed E-state index contributed by atoms with van der Waals surface area (Å²) in [5.41, 5.74) is 1.11. The van der Waals surface area contributed by atoms with Crippen LogP contribution in [-0.2, 0) is 10.2 Å². The number of rotatable bonds is 5. The molecule has 18 heavy (non-hydrogen) atoms. The first-order chi connectivity index (χ1) is 7.97. The number of hydrogen-bond acceptors (Lipinski definition) is 2. The molecule has 5 heteroatoms. The minimum Gasteiger partial charge on any atom is -0.354 e. The van der Waals surface area contributed by atoms with Crippen molar-refractivity contribution in [1.82, 2.24) is 10.6 Å². The minimum atomic E-state index is -0.0938. The second-order valence-corrected chi connectivity index (χ2v) is 5.53. The van der Waals surface area contributed by atoms with Crippen LogP contribution in [0.5, 0.6) is 0 Å². The average molecular weight is 336 g/mol. The Hall–Kier alpha value is -0.580. The van der Waals surface area contributed by atoms with Gasteiger partial charge in [-0.25, -0.2) is 0 Å². The molecular formula is C13H20BrClN2O. The number of halogens is 2. The van der Waals surface area contributed by atoms with Gasteiger partial charge < -0.3 is 10.6 Å². The molecule has 0 aromatic heterocycles. The molecule has 1 rings (SSSR count). The van der Waals surface area contributed by atoms with E-state index in [-0.39, 0.29) is 23.7 Å². The van der Waals surface area contributed by atoms with Crippen LogP contribution < -0.4 is 10.6 Å². The topological polar surface area (TPSA) is 41.1 Å². The van der Waals surface area contributed by atoms with Gasteiger partial charge in [-0.15, -0.1) is 12.4 Å². The Bertz CT molecular complexity index is 396. The van der Waals surface area contributed by atoms with E-state index in [0.717, 1.165) is 4.47 Å². The maximum atomic E-state index is 11.4. The molecule has 1 aromatic carbocycles. The van der Waals surface area contributed by atoms with Crippen molar-refractivity contribution in [3.63, 3.8) is 0 Å². The molecule has 0 bridgehead atoms. The molecule has 1 amide bonds. The lowest BCUT2D eigenvalue weighted by molar-refractivity contribution is -0.120. The van der Waals surface area contributed by atoms with E-state index in [2.05, 4.69) is 46.5 Å². The Kier molecular flexibility index (Phi) is 7.52. The Labute approximate surface area is 123 Å². The fourth-order valence-corrected chi connectivity index (χ4v) is 2.47. The highest BCUT2D eigenvalue weighted by molar-refractivity contribution is 9.10. The van der Waals surface area contributed by atoms with E-state index in [9.17, 15) is 4.79 Å². The molecule has 0 saturated heterocycles. The highest BCUT2D eigenvalue weighted by Gasteiger charge is 2.23.